The van der Waals surface area contributed by atoms with Gasteiger partial charge in [0.1, 0.15) is 22.5 Å². The van der Waals surface area contributed by atoms with Crippen LogP contribution in [0.4, 0.5) is 0 Å². The lowest BCUT2D eigenvalue weighted by molar-refractivity contribution is -0.131. The first-order chi connectivity index (χ1) is 16.0. The highest BCUT2D eigenvalue weighted by Crippen LogP contribution is 2.33. The van der Waals surface area contributed by atoms with E-state index in [2.05, 4.69) is 15.2 Å². The Balaban J connectivity index is 1.86. The molecule has 0 aliphatic carbocycles. The molecule has 10 nitrogen and oxygen atoms in total. The fraction of sp³-hybridized carbons (Fsp3) is 0.182. The van der Waals surface area contributed by atoms with Crippen LogP contribution in [-0.2, 0) is 4.79 Å². The van der Waals surface area contributed by atoms with Gasteiger partial charge in [-0.05, 0) is 47.7 Å². The SMILES string of the molecule is COc1cc(OC)cc(-c2nc(S/C(=C\c3ccc(OCC#N)c(OC)c3)C(=O)O)n[nH]2)c1. The van der Waals surface area contributed by atoms with E-state index in [1.165, 1.54) is 13.2 Å². The zero-order valence-corrected chi connectivity index (χ0v) is 18.8. The molecule has 0 fully saturated rings. The quantitative estimate of drug-likeness (QED) is 0.335. The molecule has 0 radical (unpaired) electrons. The van der Waals surface area contributed by atoms with Crippen LogP contribution in [0.3, 0.4) is 0 Å². The summed E-state index contributed by atoms with van der Waals surface area (Å²) in [5, 5.41) is 25.5. The average Bonchev–Trinajstić information content (AvgIpc) is 3.30. The van der Waals surface area contributed by atoms with Crippen molar-refractivity contribution in [2.45, 2.75) is 5.16 Å². The molecule has 3 aromatic rings. The Kier molecular flexibility index (Phi) is 7.77. The van der Waals surface area contributed by atoms with E-state index in [0.717, 1.165) is 11.8 Å². The lowest BCUT2D eigenvalue weighted by Crippen LogP contribution is -1.99. The van der Waals surface area contributed by atoms with E-state index in [1.807, 2.05) is 6.07 Å². The lowest BCUT2D eigenvalue weighted by Gasteiger charge is -2.09. The van der Waals surface area contributed by atoms with Crippen LogP contribution in [0.1, 0.15) is 5.56 Å². The maximum absolute atomic E-state index is 11.8. The molecule has 0 unspecified atom stereocenters. The third kappa shape index (κ3) is 5.96. The molecule has 33 heavy (non-hydrogen) atoms. The molecule has 0 aliphatic rings. The summed E-state index contributed by atoms with van der Waals surface area (Å²) >= 11 is 0.889. The van der Waals surface area contributed by atoms with Gasteiger partial charge in [0.05, 0.1) is 21.3 Å². The normalized spacial score (nSPS) is 10.9. The van der Waals surface area contributed by atoms with Gasteiger partial charge in [0, 0.05) is 11.6 Å². The van der Waals surface area contributed by atoms with E-state index in [9.17, 15) is 9.90 Å². The van der Waals surface area contributed by atoms with Crippen LogP contribution in [0, 0.1) is 11.3 Å². The number of carbonyl (C=O) groups is 1. The molecule has 3 rings (SSSR count). The summed E-state index contributed by atoms with van der Waals surface area (Å²) in [6, 6.07) is 12.0. The molecule has 0 amide bonds. The molecule has 0 saturated heterocycles. The second-order valence-corrected chi connectivity index (χ2v) is 7.35. The first-order valence-electron chi connectivity index (χ1n) is 9.43. The Morgan fingerprint density at radius 1 is 1.12 bits per heavy atom. The number of H-pyrrole nitrogens is 1. The zero-order valence-electron chi connectivity index (χ0n) is 18.0. The Morgan fingerprint density at radius 2 is 1.85 bits per heavy atom. The van der Waals surface area contributed by atoms with Gasteiger partial charge in [-0.25, -0.2) is 9.78 Å². The summed E-state index contributed by atoms with van der Waals surface area (Å²) in [5.74, 6) is 1.21. The van der Waals surface area contributed by atoms with E-state index in [1.54, 1.807) is 50.6 Å². The Labute approximate surface area is 193 Å². The highest BCUT2D eigenvalue weighted by atomic mass is 32.2. The summed E-state index contributed by atoms with van der Waals surface area (Å²) in [7, 11) is 4.54. The van der Waals surface area contributed by atoms with Crippen molar-refractivity contribution in [2.75, 3.05) is 27.9 Å². The summed E-state index contributed by atoms with van der Waals surface area (Å²) in [6.45, 7) is -0.131. The smallest absolute Gasteiger partial charge is 0.342 e. The number of nitriles is 1. The average molecular weight is 468 g/mol. The lowest BCUT2D eigenvalue weighted by atomic mass is 10.2. The predicted molar refractivity (Wildman–Crippen MR) is 120 cm³/mol. The number of nitrogens with one attached hydrogen (secondary N) is 1. The van der Waals surface area contributed by atoms with Crippen molar-refractivity contribution in [3.63, 3.8) is 0 Å². The number of carboxylic acids is 1. The molecule has 0 bridgehead atoms. The Bertz CT molecular complexity index is 1200. The maximum Gasteiger partial charge on any atom is 0.342 e. The third-order valence-corrected chi connectivity index (χ3v) is 5.16. The van der Waals surface area contributed by atoms with Gasteiger partial charge < -0.3 is 24.1 Å². The third-order valence-electron chi connectivity index (χ3n) is 4.28. The van der Waals surface area contributed by atoms with Crippen molar-refractivity contribution < 1.29 is 28.8 Å². The number of aromatic nitrogens is 3. The molecule has 0 aliphatic heterocycles. The van der Waals surface area contributed by atoms with E-state index in [0.29, 0.717) is 39.9 Å². The number of carboxylic acid groups (broad SMARTS) is 1. The molecule has 0 saturated carbocycles. The number of thioether (sulfide) groups is 1. The minimum atomic E-state index is -1.14. The summed E-state index contributed by atoms with van der Waals surface area (Å²) in [5.41, 5.74) is 1.23. The molecule has 1 aromatic heterocycles. The van der Waals surface area contributed by atoms with Crippen molar-refractivity contribution in [3.05, 3.63) is 46.9 Å². The highest BCUT2D eigenvalue weighted by Gasteiger charge is 2.16. The van der Waals surface area contributed by atoms with Crippen LogP contribution >= 0.6 is 11.8 Å². The second kappa shape index (κ2) is 10.9. The minimum Gasteiger partial charge on any atom is -0.497 e. The van der Waals surface area contributed by atoms with Crippen LogP contribution in [0.15, 0.2) is 46.5 Å². The number of aromatic amines is 1. The molecule has 2 N–H and O–H groups in total. The van der Waals surface area contributed by atoms with Gasteiger partial charge in [-0.3, -0.25) is 5.10 Å². The first-order valence-corrected chi connectivity index (χ1v) is 10.3. The van der Waals surface area contributed by atoms with Gasteiger partial charge in [-0.1, -0.05) is 6.07 Å². The fourth-order valence-electron chi connectivity index (χ4n) is 2.75. The van der Waals surface area contributed by atoms with Gasteiger partial charge in [0.2, 0.25) is 5.16 Å². The van der Waals surface area contributed by atoms with Crippen LogP contribution in [-0.4, -0.2) is 54.2 Å². The van der Waals surface area contributed by atoms with Crippen LogP contribution in [0.5, 0.6) is 23.0 Å². The van der Waals surface area contributed by atoms with E-state index >= 15 is 0 Å². The summed E-state index contributed by atoms with van der Waals surface area (Å²) in [6.07, 6.45) is 1.47. The fourth-order valence-corrected chi connectivity index (χ4v) is 3.46. The first kappa shape index (κ1) is 23.5. The topological polar surface area (TPSA) is 140 Å². The van der Waals surface area contributed by atoms with E-state index < -0.39 is 5.97 Å². The van der Waals surface area contributed by atoms with Crippen LogP contribution in [0.2, 0.25) is 0 Å². The molecule has 1 heterocycles. The number of methoxy groups -OCH3 is 3. The molecule has 170 valence electrons. The number of nitrogens with zero attached hydrogens (tertiary/aromatic N) is 3. The Morgan fingerprint density at radius 3 is 2.45 bits per heavy atom. The molecule has 0 spiro atoms. The monoisotopic (exact) mass is 468 g/mol. The molecule has 11 heteroatoms. The highest BCUT2D eigenvalue weighted by molar-refractivity contribution is 8.04. The number of rotatable bonds is 10. The van der Waals surface area contributed by atoms with Gasteiger partial charge in [-0.2, -0.15) is 5.26 Å². The number of hydrogen-bond donors (Lipinski definition) is 2. The van der Waals surface area contributed by atoms with Crippen LogP contribution in [0.25, 0.3) is 17.5 Å². The number of aliphatic carboxylic acids is 1. The van der Waals surface area contributed by atoms with E-state index in [-0.39, 0.29) is 16.7 Å². The molecular weight excluding hydrogens is 448 g/mol. The van der Waals surface area contributed by atoms with E-state index in [4.69, 9.17) is 24.2 Å². The Hall–Kier alpha value is -4.17. The minimum absolute atomic E-state index is 0.00322. The number of hydrogen-bond acceptors (Lipinski definition) is 9. The van der Waals surface area contributed by atoms with Crippen molar-refractivity contribution in [1.82, 2.24) is 15.2 Å². The van der Waals surface area contributed by atoms with Crippen molar-refractivity contribution in [2.24, 2.45) is 0 Å². The van der Waals surface area contributed by atoms with Crippen molar-refractivity contribution in [1.29, 1.82) is 5.26 Å². The van der Waals surface area contributed by atoms with Gasteiger partial charge in [0.25, 0.3) is 0 Å². The van der Waals surface area contributed by atoms with Gasteiger partial charge in [0.15, 0.2) is 23.9 Å². The summed E-state index contributed by atoms with van der Waals surface area (Å²) in [4.78, 5) is 16.2. The van der Waals surface area contributed by atoms with Crippen LogP contribution < -0.4 is 18.9 Å². The second-order valence-electron chi connectivity index (χ2n) is 6.34. The maximum atomic E-state index is 11.8. The van der Waals surface area contributed by atoms with Gasteiger partial charge >= 0.3 is 5.97 Å². The summed E-state index contributed by atoms with van der Waals surface area (Å²) < 4.78 is 21.1. The molecular formula is C22H20N4O6S. The van der Waals surface area contributed by atoms with Crippen molar-refractivity contribution >= 4 is 23.8 Å². The number of benzene rings is 2. The zero-order chi connectivity index (χ0) is 23.8. The van der Waals surface area contributed by atoms with Crippen molar-refractivity contribution in [3.8, 4) is 40.5 Å². The van der Waals surface area contributed by atoms with Gasteiger partial charge in [-0.15, -0.1) is 5.10 Å². The predicted octanol–water partition coefficient (Wildman–Crippen LogP) is 3.62. The molecule has 0 atom stereocenters. The largest absolute Gasteiger partial charge is 0.497 e. The molecule has 2 aromatic carbocycles. The number of ether oxygens (including phenoxy) is 4. The standard InChI is InChI=1S/C22H20N4O6S/c1-29-15-10-14(11-16(12-15)30-2)20-24-22(26-25-20)33-19(21(27)28)9-13-4-5-17(32-7-6-23)18(8-13)31-3/h4-5,8-12H,7H2,1-3H3,(H,27,28)(H,24,25,26)/b19-9-.